The molecule has 6 heteroatoms. The quantitative estimate of drug-likeness (QED) is 0.727. The molecule has 0 radical (unpaired) electrons. The van der Waals surface area contributed by atoms with Crippen LogP contribution in [0.4, 0.5) is 0 Å². The molecule has 3 aliphatic heterocycles. The minimum atomic E-state index is -0.299. The summed E-state index contributed by atoms with van der Waals surface area (Å²) in [5.41, 5.74) is 1.42. The third-order valence-electron chi connectivity index (χ3n) is 7.35. The molecule has 0 bridgehead atoms. The van der Waals surface area contributed by atoms with E-state index in [0.29, 0.717) is 13.1 Å². The monoisotopic (exact) mass is 427 g/mol. The average molecular weight is 428 g/mol. The molecule has 3 aliphatic rings. The predicted octanol–water partition coefficient (Wildman–Crippen LogP) is 2.76. The molecule has 3 saturated heterocycles. The Labute approximate surface area is 186 Å². The van der Waals surface area contributed by atoms with Crippen LogP contribution < -0.4 is 5.32 Å². The summed E-state index contributed by atoms with van der Waals surface area (Å²) >= 11 is 0. The van der Waals surface area contributed by atoms with Crippen molar-refractivity contribution in [3.8, 4) is 0 Å². The van der Waals surface area contributed by atoms with Gasteiger partial charge in [-0.05, 0) is 63.5 Å². The van der Waals surface area contributed by atoms with Crippen molar-refractivity contribution in [3.63, 3.8) is 0 Å². The Morgan fingerprint density at radius 1 is 1.10 bits per heavy atom. The molecule has 2 atom stereocenters. The van der Waals surface area contributed by atoms with Gasteiger partial charge >= 0.3 is 0 Å². The number of ether oxygens (including phenoxy) is 1. The van der Waals surface area contributed by atoms with Gasteiger partial charge in [-0.3, -0.25) is 9.59 Å². The topological polar surface area (TPSA) is 61.9 Å². The number of aryl methyl sites for hydroxylation is 1. The summed E-state index contributed by atoms with van der Waals surface area (Å²) in [7, 11) is 0. The van der Waals surface area contributed by atoms with Gasteiger partial charge in [-0.2, -0.15) is 0 Å². The minimum absolute atomic E-state index is 0.00407. The van der Waals surface area contributed by atoms with Gasteiger partial charge in [-0.25, -0.2) is 0 Å². The fourth-order valence-corrected chi connectivity index (χ4v) is 5.49. The van der Waals surface area contributed by atoms with Crippen LogP contribution >= 0.6 is 0 Å². The van der Waals surface area contributed by atoms with Crippen molar-refractivity contribution in [1.29, 1.82) is 0 Å². The number of likely N-dealkylation sites (tertiary alicyclic amines) is 2. The lowest BCUT2D eigenvalue weighted by Gasteiger charge is -2.39. The number of amides is 2. The van der Waals surface area contributed by atoms with Gasteiger partial charge in [0.15, 0.2) is 0 Å². The predicted molar refractivity (Wildman–Crippen MR) is 121 cm³/mol. The molecule has 31 heavy (non-hydrogen) atoms. The zero-order chi connectivity index (χ0) is 21.7. The standard InChI is InChI=1S/C25H37N3O3/c1-20(29)28-16-6-10-23(28)24(30)26-19-22-11-12-25(31-22)13-17-27(18-14-25)15-5-9-21-7-3-2-4-8-21/h2-4,7-8,22-23H,5-6,9-19H2,1H3,(H,26,30)/t22?,23-/m0/s1. The van der Waals surface area contributed by atoms with Crippen molar-refractivity contribution in [2.75, 3.05) is 32.7 Å². The number of carbonyl (C=O) groups is 2. The summed E-state index contributed by atoms with van der Waals surface area (Å²) in [6, 6.07) is 10.4. The SMILES string of the molecule is CC(=O)N1CCC[C@H]1C(=O)NCC1CCC2(CCN(CCCc3ccccc3)CC2)O1. The van der Waals surface area contributed by atoms with Crippen molar-refractivity contribution in [2.24, 2.45) is 0 Å². The van der Waals surface area contributed by atoms with E-state index in [1.54, 1.807) is 11.8 Å². The lowest BCUT2D eigenvalue weighted by Crippen LogP contribution is -2.48. The normalized spacial score (nSPS) is 25.8. The van der Waals surface area contributed by atoms with Gasteiger partial charge < -0.3 is 19.9 Å². The van der Waals surface area contributed by atoms with Crippen molar-refractivity contribution >= 4 is 11.8 Å². The van der Waals surface area contributed by atoms with Crippen LogP contribution in [0.2, 0.25) is 0 Å². The number of rotatable bonds is 7. The van der Waals surface area contributed by atoms with E-state index in [1.807, 2.05) is 0 Å². The molecule has 1 aromatic rings. The highest BCUT2D eigenvalue weighted by Gasteiger charge is 2.42. The van der Waals surface area contributed by atoms with E-state index >= 15 is 0 Å². The number of benzene rings is 1. The lowest BCUT2D eigenvalue weighted by molar-refractivity contribution is -0.137. The molecular weight excluding hydrogens is 390 g/mol. The molecule has 2 amide bonds. The van der Waals surface area contributed by atoms with Crippen molar-refractivity contribution in [2.45, 2.75) is 76.0 Å². The summed E-state index contributed by atoms with van der Waals surface area (Å²) in [6.07, 6.45) is 8.38. The molecule has 3 heterocycles. The van der Waals surface area contributed by atoms with Crippen molar-refractivity contribution in [1.82, 2.24) is 15.1 Å². The molecule has 3 fully saturated rings. The van der Waals surface area contributed by atoms with E-state index < -0.39 is 0 Å². The van der Waals surface area contributed by atoms with Crippen LogP contribution in [0, 0.1) is 0 Å². The van der Waals surface area contributed by atoms with Crippen LogP contribution in [0.5, 0.6) is 0 Å². The van der Waals surface area contributed by atoms with Crippen LogP contribution in [-0.4, -0.2) is 72.1 Å². The highest BCUT2D eigenvalue weighted by Crippen LogP contribution is 2.38. The number of carbonyl (C=O) groups excluding carboxylic acids is 2. The maximum atomic E-state index is 12.6. The van der Waals surface area contributed by atoms with Crippen molar-refractivity contribution in [3.05, 3.63) is 35.9 Å². The first-order valence-electron chi connectivity index (χ1n) is 12.0. The van der Waals surface area contributed by atoms with E-state index in [0.717, 1.165) is 64.6 Å². The van der Waals surface area contributed by atoms with Gasteiger partial charge in [0.2, 0.25) is 11.8 Å². The Bertz CT molecular complexity index is 746. The van der Waals surface area contributed by atoms with Crippen LogP contribution in [0.3, 0.4) is 0 Å². The van der Waals surface area contributed by atoms with Crippen molar-refractivity contribution < 1.29 is 14.3 Å². The number of piperidine rings is 1. The van der Waals surface area contributed by atoms with Crippen LogP contribution in [0.1, 0.15) is 57.4 Å². The highest BCUT2D eigenvalue weighted by atomic mass is 16.5. The van der Waals surface area contributed by atoms with Gasteiger partial charge in [0.25, 0.3) is 0 Å². The largest absolute Gasteiger partial charge is 0.370 e. The fourth-order valence-electron chi connectivity index (χ4n) is 5.49. The Morgan fingerprint density at radius 3 is 2.61 bits per heavy atom. The molecule has 6 nitrogen and oxygen atoms in total. The van der Waals surface area contributed by atoms with Crippen LogP contribution in [0.25, 0.3) is 0 Å². The van der Waals surface area contributed by atoms with Crippen LogP contribution in [-0.2, 0) is 20.7 Å². The zero-order valence-electron chi connectivity index (χ0n) is 18.9. The third-order valence-corrected chi connectivity index (χ3v) is 7.35. The summed E-state index contributed by atoms with van der Waals surface area (Å²) in [5.74, 6) is -0.0327. The van der Waals surface area contributed by atoms with Gasteiger partial charge in [0.05, 0.1) is 11.7 Å². The number of hydrogen-bond acceptors (Lipinski definition) is 4. The molecule has 4 rings (SSSR count). The Hall–Kier alpha value is -1.92. The van der Waals surface area contributed by atoms with Crippen LogP contribution in [0.15, 0.2) is 30.3 Å². The number of nitrogens with zero attached hydrogens (tertiary/aromatic N) is 2. The molecule has 0 aliphatic carbocycles. The summed E-state index contributed by atoms with van der Waals surface area (Å²) in [4.78, 5) is 28.5. The van der Waals surface area contributed by atoms with E-state index in [2.05, 4.69) is 40.5 Å². The lowest BCUT2D eigenvalue weighted by atomic mass is 9.88. The summed E-state index contributed by atoms with van der Waals surface area (Å²) in [6.45, 7) is 6.15. The smallest absolute Gasteiger partial charge is 0.242 e. The Morgan fingerprint density at radius 2 is 1.87 bits per heavy atom. The van der Waals surface area contributed by atoms with Gasteiger partial charge in [-0.1, -0.05) is 30.3 Å². The second-order valence-electron chi connectivity index (χ2n) is 9.51. The van der Waals surface area contributed by atoms with E-state index in [-0.39, 0.29) is 29.6 Å². The Balaban J connectivity index is 1.15. The maximum absolute atomic E-state index is 12.6. The average Bonchev–Trinajstić information content (AvgIpc) is 3.42. The highest BCUT2D eigenvalue weighted by molar-refractivity contribution is 5.87. The molecule has 0 aromatic heterocycles. The molecule has 1 spiro atoms. The molecule has 170 valence electrons. The van der Waals surface area contributed by atoms with Gasteiger partial charge in [0.1, 0.15) is 6.04 Å². The zero-order valence-corrected chi connectivity index (χ0v) is 18.9. The minimum Gasteiger partial charge on any atom is -0.370 e. The number of nitrogens with one attached hydrogen (secondary N) is 1. The first-order chi connectivity index (χ1) is 15.0. The fraction of sp³-hybridized carbons (Fsp3) is 0.680. The first-order valence-corrected chi connectivity index (χ1v) is 12.0. The first kappa shape index (κ1) is 22.3. The summed E-state index contributed by atoms with van der Waals surface area (Å²) in [5, 5.41) is 3.06. The van der Waals surface area contributed by atoms with Gasteiger partial charge in [-0.15, -0.1) is 0 Å². The second-order valence-corrected chi connectivity index (χ2v) is 9.51. The molecular formula is C25H37N3O3. The van der Waals surface area contributed by atoms with E-state index in [1.165, 1.54) is 12.0 Å². The molecule has 1 aromatic carbocycles. The van der Waals surface area contributed by atoms with E-state index in [9.17, 15) is 9.59 Å². The summed E-state index contributed by atoms with van der Waals surface area (Å²) < 4.78 is 6.48. The van der Waals surface area contributed by atoms with Gasteiger partial charge in [0, 0.05) is 33.1 Å². The maximum Gasteiger partial charge on any atom is 0.242 e. The number of hydrogen-bond donors (Lipinski definition) is 1. The Kier molecular flexibility index (Phi) is 7.28. The molecule has 0 saturated carbocycles. The molecule has 1 unspecified atom stereocenters. The third kappa shape index (κ3) is 5.66. The van der Waals surface area contributed by atoms with E-state index in [4.69, 9.17) is 4.74 Å². The second kappa shape index (κ2) is 10.1. The molecule has 1 N–H and O–H groups in total.